The molecule has 0 radical (unpaired) electrons. The summed E-state index contributed by atoms with van der Waals surface area (Å²) >= 11 is 3.42. The van der Waals surface area contributed by atoms with Crippen LogP contribution in [0.25, 0.3) is 0 Å². The molecule has 17 heavy (non-hydrogen) atoms. The van der Waals surface area contributed by atoms with Crippen LogP contribution in [-0.2, 0) is 14.3 Å². The number of piperidine rings is 1. The summed E-state index contributed by atoms with van der Waals surface area (Å²) < 4.78 is 4.72. The quantitative estimate of drug-likeness (QED) is 0.590. The van der Waals surface area contributed by atoms with Crippen molar-refractivity contribution in [3.63, 3.8) is 0 Å². The van der Waals surface area contributed by atoms with Gasteiger partial charge < -0.3 is 9.64 Å². The molecule has 0 aromatic carbocycles. The van der Waals surface area contributed by atoms with Crippen LogP contribution in [0.4, 0.5) is 0 Å². The lowest BCUT2D eigenvalue weighted by molar-refractivity contribution is -0.148. The van der Waals surface area contributed by atoms with E-state index in [0.29, 0.717) is 25.9 Å². The van der Waals surface area contributed by atoms with E-state index in [1.165, 1.54) is 7.11 Å². The Morgan fingerprint density at radius 1 is 1.29 bits per heavy atom. The molecule has 0 bridgehead atoms. The number of esters is 1. The summed E-state index contributed by atoms with van der Waals surface area (Å²) in [4.78, 5) is 25.1. The fraction of sp³-hybridized carbons (Fsp3) is 0.833. The smallest absolute Gasteiger partial charge is 0.308 e. The monoisotopic (exact) mass is 305 g/mol. The van der Waals surface area contributed by atoms with Crippen LogP contribution in [-0.4, -0.2) is 41.8 Å². The minimum Gasteiger partial charge on any atom is -0.469 e. The van der Waals surface area contributed by atoms with Crippen molar-refractivity contribution in [3.8, 4) is 0 Å². The SMILES string of the molecule is COC(=O)C1CCN(C(=O)C(Br)C(C)C)CC1. The molecule has 1 heterocycles. The van der Waals surface area contributed by atoms with Crippen molar-refractivity contribution in [1.29, 1.82) is 0 Å². The molecule has 1 amide bonds. The molecule has 1 rings (SSSR count). The normalized spacial score (nSPS) is 19.2. The van der Waals surface area contributed by atoms with Gasteiger partial charge in [0.2, 0.25) is 5.91 Å². The molecule has 0 aromatic heterocycles. The topological polar surface area (TPSA) is 46.6 Å². The van der Waals surface area contributed by atoms with Crippen LogP contribution < -0.4 is 0 Å². The molecule has 0 saturated carbocycles. The number of rotatable bonds is 3. The van der Waals surface area contributed by atoms with Crippen LogP contribution in [0.15, 0.2) is 0 Å². The van der Waals surface area contributed by atoms with E-state index in [9.17, 15) is 9.59 Å². The van der Waals surface area contributed by atoms with E-state index in [0.717, 1.165) is 0 Å². The number of halogens is 1. The third-order valence-electron chi connectivity index (χ3n) is 3.16. The Labute approximate surface area is 111 Å². The minimum absolute atomic E-state index is 0.0446. The minimum atomic E-state index is -0.156. The lowest BCUT2D eigenvalue weighted by Crippen LogP contribution is -2.44. The van der Waals surface area contributed by atoms with Gasteiger partial charge in [-0.25, -0.2) is 0 Å². The van der Waals surface area contributed by atoms with Crippen LogP contribution in [0.1, 0.15) is 26.7 Å². The molecule has 1 fully saturated rings. The van der Waals surface area contributed by atoms with Crippen molar-refractivity contribution in [1.82, 2.24) is 4.90 Å². The highest BCUT2D eigenvalue weighted by atomic mass is 79.9. The molecule has 5 heteroatoms. The molecule has 0 N–H and O–H groups in total. The summed E-state index contributed by atoms with van der Waals surface area (Å²) in [5.74, 6) is 0.206. The Morgan fingerprint density at radius 3 is 2.24 bits per heavy atom. The zero-order chi connectivity index (χ0) is 13.0. The van der Waals surface area contributed by atoms with E-state index < -0.39 is 0 Å². The number of nitrogens with zero attached hydrogens (tertiary/aromatic N) is 1. The second-order valence-electron chi connectivity index (χ2n) is 4.77. The number of likely N-dealkylation sites (tertiary alicyclic amines) is 1. The molecular weight excluding hydrogens is 286 g/mol. The van der Waals surface area contributed by atoms with Gasteiger partial charge in [0.05, 0.1) is 17.9 Å². The van der Waals surface area contributed by atoms with Gasteiger partial charge in [-0.1, -0.05) is 29.8 Å². The number of alkyl halides is 1. The van der Waals surface area contributed by atoms with Gasteiger partial charge in [0, 0.05) is 13.1 Å². The number of carbonyl (C=O) groups is 2. The van der Waals surface area contributed by atoms with Crippen LogP contribution in [0, 0.1) is 11.8 Å². The zero-order valence-corrected chi connectivity index (χ0v) is 12.2. The van der Waals surface area contributed by atoms with Crippen molar-refractivity contribution >= 4 is 27.8 Å². The molecule has 0 spiro atoms. The molecule has 98 valence electrons. The van der Waals surface area contributed by atoms with Crippen molar-refractivity contribution in [3.05, 3.63) is 0 Å². The lowest BCUT2D eigenvalue weighted by Gasteiger charge is -2.32. The molecular formula is C12H20BrNO3. The Morgan fingerprint density at radius 2 is 1.82 bits per heavy atom. The second-order valence-corrected chi connectivity index (χ2v) is 5.76. The van der Waals surface area contributed by atoms with E-state index in [1.54, 1.807) is 0 Å². The summed E-state index contributed by atoms with van der Waals surface area (Å²) in [6, 6.07) is 0. The fourth-order valence-electron chi connectivity index (χ4n) is 1.96. The highest BCUT2D eigenvalue weighted by Crippen LogP contribution is 2.22. The van der Waals surface area contributed by atoms with Crippen molar-refractivity contribution in [2.24, 2.45) is 11.8 Å². The molecule has 1 aliphatic heterocycles. The van der Waals surface area contributed by atoms with Crippen molar-refractivity contribution in [2.75, 3.05) is 20.2 Å². The summed E-state index contributed by atoms with van der Waals surface area (Å²) in [7, 11) is 1.41. The zero-order valence-electron chi connectivity index (χ0n) is 10.6. The van der Waals surface area contributed by atoms with E-state index in [1.807, 2.05) is 18.7 Å². The number of amides is 1. The highest BCUT2D eigenvalue weighted by Gasteiger charge is 2.31. The maximum absolute atomic E-state index is 12.0. The highest BCUT2D eigenvalue weighted by molar-refractivity contribution is 9.10. The Kier molecular flexibility index (Phi) is 5.43. The van der Waals surface area contributed by atoms with E-state index in [4.69, 9.17) is 4.74 Å². The number of hydrogen-bond donors (Lipinski definition) is 0. The van der Waals surface area contributed by atoms with Gasteiger partial charge in [-0.15, -0.1) is 0 Å². The Bertz CT molecular complexity index is 285. The van der Waals surface area contributed by atoms with Gasteiger partial charge in [-0.05, 0) is 18.8 Å². The first kappa shape index (κ1) is 14.5. The molecule has 1 atom stereocenters. The van der Waals surface area contributed by atoms with Gasteiger partial charge in [0.25, 0.3) is 0 Å². The van der Waals surface area contributed by atoms with E-state index >= 15 is 0 Å². The van der Waals surface area contributed by atoms with Crippen LogP contribution in [0.2, 0.25) is 0 Å². The average molecular weight is 306 g/mol. The molecule has 0 aromatic rings. The summed E-state index contributed by atoms with van der Waals surface area (Å²) in [5, 5.41) is 0. The van der Waals surface area contributed by atoms with Crippen LogP contribution >= 0.6 is 15.9 Å². The molecule has 4 nitrogen and oxygen atoms in total. The van der Waals surface area contributed by atoms with Gasteiger partial charge in [-0.2, -0.15) is 0 Å². The summed E-state index contributed by atoms with van der Waals surface area (Å²) in [5.41, 5.74) is 0. The first-order valence-electron chi connectivity index (χ1n) is 5.98. The third kappa shape index (κ3) is 3.69. The second kappa shape index (κ2) is 6.38. The standard InChI is InChI=1S/C12H20BrNO3/c1-8(2)10(13)11(15)14-6-4-9(5-7-14)12(16)17-3/h8-10H,4-7H2,1-3H3. The number of ether oxygens (including phenoxy) is 1. The van der Waals surface area contributed by atoms with Gasteiger partial charge in [0.1, 0.15) is 0 Å². The Hall–Kier alpha value is -0.580. The average Bonchev–Trinajstić information content (AvgIpc) is 2.36. The van der Waals surface area contributed by atoms with Crippen molar-refractivity contribution < 1.29 is 14.3 Å². The molecule has 1 unspecified atom stereocenters. The predicted octanol–water partition coefficient (Wildman–Crippen LogP) is 1.82. The number of carbonyl (C=O) groups excluding carboxylic acids is 2. The molecule has 1 saturated heterocycles. The van der Waals surface area contributed by atoms with Crippen LogP contribution in [0.5, 0.6) is 0 Å². The van der Waals surface area contributed by atoms with E-state index in [2.05, 4.69) is 15.9 Å². The number of hydrogen-bond acceptors (Lipinski definition) is 3. The fourth-order valence-corrected chi connectivity index (χ4v) is 2.25. The molecule has 0 aliphatic carbocycles. The lowest BCUT2D eigenvalue weighted by atomic mass is 9.96. The summed E-state index contributed by atoms with van der Waals surface area (Å²) in [6.45, 7) is 5.32. The largest absolute Gasteiger partial charge is 0.469 e. The van der Waals surface area contributed by atoms with Crippen molar-refractivity contribution in [2.45, 2.75) is 31.5 Å². The maximum atomic E-state index is 12.0. The van der Waals surface area contributed by atoms with Gasteiger partial charge in [0.15, 0.2) is 0 Å². The first-order valence-corrected chi connectivity index (χ1v) is 6.89. The number of methoxy groups -OCH3 is 1. The predicted molar refractivity (Wildman–Crippen MR) is 68.9 cm³/mol. The molecule has 1 aliphatic rings. The Balaban J connectivity index is 2.47. The van der Waals surface area contributed by atoms with Gasteiger partial charge in [-0.3, -0.25) is 9.59 Å². The first-order chi connectivity index (χ1) is 7.97. The summed E-state index contributed by atoms with van der Waals surface area (Å²) in [6.07, 6.45) is 1.41. The maximum Gasteiger partial charge on any atom is 0.308 e. The van der Waals surface area contributed by atoms with Crippen LogP contribution in [0.3, 0.4) is 0 Å². The van der Waals surface area contributed by atoms with Gasteiger partial charge >= 0.3 is 5.97 Å². The third-order valence-corrected chi connectivity index (χ3v) is 4.61. The van der Waals surface area contributed by atoms with E-state index in [-0.39, 0.29) is 28.5 Å².